The second kappa shape index (κ2) is 12.6. The molecule has 0 bridgehead atoms. The Hall–Kier alpha value is -5.20. The van der Waals surface area contributed by atoms with Gasteiger partial charge in [0.25, 0.3) is 0 Å². The highest BCUT2D eigenvalue weighted by atomic mass is 32.1. The molecule has 9 rings (SSSR count). The number of benzene rings is 6. The van der Waals surface area contributed by atoms with E-state index in [0.29, 0.717) is 0 Å². The normalized spacial score (nSPS) is 14.3. The fraction of sp³-hybridized carbons (Fsp3) is 0.0667. The van der Waals surface area contributed by atoms with Gasteiger partial charge in [-0.25, -0.2) is 9.97 Å². The topological polar surface area (TPSA) is 25.8 Å². The van der Waals surface area contributed by atoms with Crippen LogP contribution in [0.3, 0.4) is 0 Å². The third-order valence-corrected chi connectivity index (χ3v) is 17.0. The minimum Gasteiger partial charge on any atom is -0.236 e. The first kappa shape index (κ1) is 30.8. The number of hydrogen-bond donors (Lipinski definition) is 0. The Morgan fingerprint density at radius 2 is 0.780 bits per heavy atom. The molecule has 6 aromatic carbocycles. The lowest BCUT2D eigenvalue weighted by Gasteiger charge is -2.30. The van der Waals surface area contributed by atoms with Crippen LogP contribution in [-0.4, -0.2) is 18.0 Å². The Labute approximate surface area is 301 Å². The third-order valence-electron chi connectivity index (χ3n) is 10.1. The van der Waals surface area contributed by atoms with Gasteiger partial charge in [-0.15, -0.1) is 22.7 Å². The molecule has 5 heteroatoms. The molecule has 0 amide bonds. The number of aromatic nitrogens is 2. The van der Waals surface area contributed by atoms with E-state index < -0.39 is 8.07 Å². The van der Waals surface area contributed by atoms with E-state index in [-0.39, 0.29) is 0 Å². The number of allylic oxidation sites excluding steroid dienone is 2. The molecule has 0 fully saturated rings. The quantitative estimate of drug-likeness (QED) is 0.155. The molecule has 0 radical (unpaired) electrons. The van der Waals surface area contributed by atoms with Crippen molar-refractivity contribution in [3.63, 3.8) is 0 Å². The molecule has 0 atom stereocenters. The van der Waals surface area contributed by atoms with Crippen LogP contribution in [0.1, 0.15) is 29.2 Å². The molecule has 2 aromatic heterocycles. The van der Waals surface area contributed by atoms with Crippen LogP contribution < -0.4 is 0 Å². The summed E-state index contributed by atoms with van der Waals surface area (Å²) in [4.78, 5) is 9.93. The summed E-state index contributed by atoms with van der Waals surface area (Å²) in [7, 11) is -2.31. The van der Waals surface area contributed by atoms with Crippen LogP contribution in [0.5, 0.6) is 0 Å². The molecule has 0 N–H and O–H groups in total. The molecule has 3 heterocycles. The van der Waals surface area contributed by atoms with E-state index in [0.717, 1.165) is 38.2 Å². The summed E-state index contributed by atoms with van der Waals surface area (Å²) in [6.07, 6.45) is 0. The molecule has 8 aromatic rings. The van der Waals surface area contributed by atoms with E-state index >= 15 is 0 Å². The molecule has 50 heavy (non-hydrogen) atoms. The van der Waals surface area contributed by atoms with Crippen LogP contribution in [0.2, 0.25) is 12.6 Å². The first-order valence-electron chi connectivity index (χ1n) is 17.1. The van der Waals surface area contributed by atoms with Crippen molar-refractivity contribution in [3.8, 4) is 21.1 Å². The lowest BCUT2D eigenvalue weighted by molar-refractivity contribution is 1.39. The molecule has 2 nitrogen and oxygen atoms in total. The van der Waals surface area contributed by atoms with E-state index in [2.05, 4.69) is 171 Å². The average molecular weight is 695 g/mol. The van der Waals surface area contributed by atoms with Crippen molar-refractivity contribution in [3.05, 3.63) is 180 Å². The predicted molar refractivity (Wildman–Crippen MR) is 219 cm³/mol. The Bertz CT molecular complexity index is 2320. The lowest BCUT2D eigenvalue weighted by Crippen LogP contribution is -2.32. The van der Waals surface area contributed by atoms with Gasteiger partial charge in [0.1, 0.15) is 18.1 Å². The third kappa shape index (κ3) is 5.21. The summed E-state index contributed by atoms with van der Waals surface area (Å²) in [5.74, 6) is 0. The number of para-hydroxylation sites is 2. The number of hydrogen-bond acceptors (Lipinski definition) is 4. The molecular formula is C45H34N2S2Si. The van der Waals surface area contributed by atoms with Crippen molar-refractivity contribution < 1.29 is 0 Å². The van der Waals surface area contributed by atoms with E-state index in [1.54, 1.807) is 22.7 Å². The van der Waals surface area contributed by atoms with Gasteiger partial charge in [-0.1, -0.05) is 153 Å². The minimum atomic E-state index is -2.31. The highest BCUT2D eigenvalue weighted by Crippen LogP contribution is 2.57. The first-order chi connectivity index (χ1) is 24.6. The standard InChI is InChI=1S/C45H34N2S2Si/c1-3-50(2)42(32-22-26-34(27-23-32)44-46-36-18-10-12-20-38(36)48-44)40(30-14-6-4-7-15-30)41(31-16-8-5-9-17-31)43(50)33-24-28-35(29-25-33)45-47-37-19-11-13-21-39(37)49-45/h4-29H,3H2,1-2H3. The average Bonchev–Trinajstić information content (AvgIpc) is 3.89. The Balaban J connectivity index is 1.23. The fourth-order valence-electron chi connectivity index (χ4n) is 7.54. The van der Waals surface area contributed by atoms with Gasteiger partial charge in [0.05, 0.1) is 20.4 Å². The molecule has 0 unspecified atom stereocenters. The Morgan fingerprint density at radius 3 is 1.16 bits per heavy atom. The molecule has 0 aliphatic carbocycles. The highest BCUT2D eigenvalue weighted by Gasteiger charge is 2.45. The van der Waals surface area contributed by atoms with E-state index in [1.165, 1.54) is 53.2 Å². The molecule has 0 spiro atoms. The second-order valence-electron chi connectivity index (χ2n) is 13.0. The van der Waals surface area contributed by atoms with Gasteiger partial charge in [0, 0.05) is 11.1 Å². The summed E-state index contributed by atoms with van der Waals surface area (Å²) in [5, 5.41) is 5.14. The zero-order valence-electron chi connectivity index (χ0n) is 27.9. The van der Waals surface area contributed by atoms with Crippen LogP contribution in [0.25, 0.3) is 63.1 Å². The van der Waals surface area contributed by atoms with Crippen molar-refractivity contribution in [1.82, 2.24) is 9.97 Å². The van der Waals surface area contributed by atoms with E-state index in [1.807, 2.05) is 0 Å². The maximum absolute atomic E-state index is 4.97. The smallest absolute Gasteiger partial charge is 0.124 e. The van der Waals surface area contributed by atoms with Gasteiger partial charge in [0.2, 0.25) is 0 Å². The van der Waals surface area contributed by atoms with Crippen LogP contribution in [0, 0.1) is 0 Å². The first-order valence-corrected chi connectivity index (χ1v) is 21.5. The second-order valence-corrected chi connectivity index (χ2v) is 19.5. The monoisotopic (exact) mass is 694 g/mol. The molecule has 1 aliphatic heterocycles. The summed E-state index contributed by atoms with van der Waals surface area (Å²) >= 11 is 3.52. The summed E-state index contributed by atoms with van der Waals surface area (Å²) in [5.41, 5.74) is 12.3. The van der Waals surface area contributed by atoms with Crippen LogP contribution in [-0.2, 0) is 0 Å². The number of rotatable bonds is 7. The minimum absolute atomic E-state index is 1.06. The van der Waals surface area contributed by atoms with Crippen molar-refractivity contribution in [1.29, 1.82) is 0 Å². The zero-order chi connectivity index (χ0) is 33.7. The van der Waals surface area contributed by atoms with Gasteiger partial charge in [0.15, 0.2) is 0 Å². The molecule has 1 aliphatic rings. The summed E-state index contributed by atoms with van der Waals surface area (Å²) < 4.78 is 2.44. The van der Waals surface area contributed by atoms with E-state index in [9.17, 15) is 0 Å². The molecule has 240 valence electrons. The van der Waals surface area contributed by atoms with Crippen LogP contribution in [0.4, 0.5) is 0 Å². The van der Waals surface area contributed by atoms with Gasteiger partial charge >= 0.3 is 0 Å². The predicted octanol–water partition coefficient (Wildman–Crippen LogP) is 13.0. The van der Waals surface area contributed by atoms with Gasteiger partial charge in [-0.2, -0.15) is 0 Å². The van der Waals surface area contributed by atoms with Gasteiger partial charge < -0.3 is 0 Å². The van der Waals surface area contributed by atoms with Crippen LogP contribution >= 0.6 is 22.7 Å². The van der Waals surface area contributed by atoms with Gasteiger partial charge in [-0.3, -0.25) is 0 Å². The molecule has 0 saturated carbocycles. The molecule has 0 saturated heterocycles. The lowest BCUT2D eigenvalue weighted by atomic mass is 9.89. The van der Waals surface area contributed by atoms with Crippen molar-refractivity contribution in [2.24, 2.45) is 0 Å². The van der Waals surface area contributed by atoms with Crippen LogP contribution in [0.15, 0.2) is 158 Å². The highest BCUT2D eigenvalue weighted by molar-refractivity contribution is 7.22. The maximum atomic E-state index is 4.97. The Morgan fingerprint density at radius 1 is 0.420 bits per heavy atom. The number of nitrogens with zero attached hydrogens (tertiary/aromatic N) is 2. The summed E-state index contributed by atoms with van der Waals surface area (Å²) in [6.45, 7) is 4.98. The summed E-state index contributed by atoms with van der Waals surface area (Å²) in [6, 6.07) is 58.5. The fourth-order valence-corrected chi connectivity index (χ4v) is 13.7. The van der Waals surface area contributed by atoms with Crippen molar-refractivity contribution in [2.45, 2.75) is 19.5 Å². The zero-order valence-corrected chi connectivity index (χ0v) is 30.6. The number of fused-ring (bicyclic) bond motifs is 2. The van der Waals surface area contributed by atoms with Crippen molar-refractivity contribution >= 4 is 72.7 Å². The van der Waals surface area contributed by atoms with Crippen molar-refractivity contribution in [2.75, 3.05) is 0 Å². The van der Waals surface area contributed by atoms with Gasteiger partial charge in [-0.05, 0) is 68.1 Å². The molecular weight excluding hydrogens is 661 g/mol. The largest absolute Gasteiger partial charge is 0.236 e. The van der Waals surface area contributed by atoms with E-state index in [4.69, 9.17) is 9.97 Å². The SMILES string of the molecule is CC[Si]1(C)C(c2ccc(-c3nc4ccccc4s3)cc2)=C(c2ccccc2)C(c2ccccc2)=C1c1ccc(-c2nc3ccccc3s2)cc1. The maximum Gasteiger partial charge on any atom is 0.124 e. The number of thiazole rings is 2. The Kier molecular flexibility index (Phi) is 7.77.